The molecule has 23 heavy (non-hydrogen) atoms. The lowest BCUT2D eigenvalue weighted by atomic mass is 9.98. The van der Waals surface area contributed by atoms with Crippen LogP contribution in [0, 0.1) is 11.8 Å². The first kappa shape index (κ1) is 18.1. The van der Waals surface area contributed by atoms with Crippen molar-refractivity contribution >= 4 is 18.3 Å². The molecule has 1 amide bonds. The summed E-state index contributed by atoms with van der Waals surface area (Å²) in [5.74, 6) is 2.40. The van der Waals surface area contributed by atoms with Crippen molar-refractivity contribution in [1.82, 2.24) is 4.90 Å². The van der Waals surface area contributed by atoms with Gasteiger partial charge in [-0.25, -0.2) is 0 Å². The third-order valence-electron chi connectivity index (χ3n) is 5.15. The van der Waals surface area contributed by atoms with Gasteiger partial charge in [-0.15, -0.1) is 12.4 Å². The lowest BCUT2D eigenvalue weighted by Gasteiger charge is -2.19. The minimum atomic E-state index is 0. The zero-order valence-electron chi connectivity index (χ0n) is 13.9. The maximum atomic E-state index is 12.3. The van der Waals surface area contributed by atoms with E-state index in [9.17, 15) is 4.79 Å². The predicted octanol–water partition coefficient (Wildman–Crippen LogP) is 2.81. The van der Waals surface area contributed by atoms with Gasteiger partial charge in [0.05, 0.1) is 0 Å². The fraction of sp³-hybridized carbons (Fsp3) is 0.611. The van der Waals surface area contributed by atoms with Gasteiger partial charge >= 0.3 is 0 Å². The highest BCUT2D eigenvalue weighted by Gasteiger charge is 2.42. The molecule has 4 nitrogen and oxygen atoms in total. The monoisotopic (exact) mass is 338 g/mol. The molecular formula is C18H27ClN2O2. The Balaban J connectivity index is 0.00000192. The molecule has 128 valence electrons. The van der Waals surface area contributed by atoms with E-state index < -0.39 is 0 Å². The van der Waals surface area contributed by atoms with Crippen LogP contribution in [0.2, 0.25) is 0 Å². The van der Waals surface area contributed by atoms with E-state index in [2.05, 4.69) is 19.9 Å². The van der Waals surface area contributed by atoms with Crippen LogP contribution in [0.3, 0.4) is 0 Å². The summed E-state index contributed by atoms with van der Waals surface area (Å²) in [4.78, 5) is 14.3. The van der Waals surface area contributed by atoms with E-state index in [0.29, 0.717) is 17.8 Å². The van der Waals surface area contributed by atoms with Gasteiger partial charge in [0.15, 0.2) is 6.61 Å². The molecule has 2 aliphatic rings. The molecule has 0 aromatic heterocycles. The molecule has 1 aliphatic carbocycles. The van der Waals surface area contributed by atoms with Crippen LogP contribution in [-0.2, 0) is 4.79 Å². The number of nitrogens with zero attached hydrogens (tertiary/aromatic N) is 1. The number of halogens is 1. The van der Waals surface area contributed by atoms with Gasteiger partial charge in [-0.2, -0.15) is 0 Å². The molecule has 3 unspecified atom stereocenters. The van der Waals surface area contributed by atoms with Crippen LogP contribution in [0.4, 0.5) is 0 Å². The van der Waals surface area contributed by atoms with Crippen molar-refractivity contribution in [2.45, 2.75) is 38.6 Å². The van der Waals surface area contributed by atoms with E-state index in [-0.39, 0.29) is 31.0 Å². The van der Waals surface area contributed by atoms with Crippen molar-refractivity contribution in [3.05, 3.63) is 29.8 Å². The number of amides is 1. The van der Waals surface area contributed by atoms with E-state index in [1.807, 2.05) is 23.1 Å². The first-order chi connectivity index (χ1) is 10.5. The number of ether oxygens (including phenoxy) is 1. The fourth-order valence-corrected chi connectivity index (χ4v) is 3.71. The van der Waals surface area contributed by atoms with Crippen LogP contribution in [-0.4, -0.2) is 36.5 Å². The fourth-order valence-electron chi connectivity index (χ4n) is 3.71. The average Bonchev–Trinajstić information content (AvgIpc) is 3.08. The van der Waals surface area contributed by atoms with Gasteiger partial charge < -0.3 is 15.4 Å². The maximum absolute atomic E-state index is 12.3. The summed E-state index contributed by atoms with van der Waals surface area (Å²) in [6, 6.07) is 8.27. The second-order valence-electron chi connectivity index (χ2n) is 6.98. The minimum Gasteiger partial charge on any atom is -0.484 e. The number of benzene rings is 1. The highest BCUT2D eigenvalue weighted by Crippen LogP contribution is 2.37. The second-order valence-corrected chi connectivity index (χ2v) is 6.98. The van der Waals surface area contributed by atoms with Gasteiger partial charge in [0, 0.05) is 19.1 Å². The number of carbonyl (C=O) groups excluding carboxylic acids is 1. The van der Waals surface area contributed by atoms with E-state index in [4.69, 9.17) is 10.5 Å². The lowest BCUT2D eigenvalue weighted by molar-refractivity contribution is -0.132. The first-order valence-corrected chi connectivity index (χ1v) is 8.30. The Labute approximate surface area is 144 Å². The molecule has 5 heteroatoms. The van der Waals surface area contributed by atoms with Crippen molar-refractivity contribution < 1.29 is 9.53 Å². The zero-order valence-corrected chi connectivity index (χ0v) is 14.7. The van der Waals surface area contributed by atoms with Crippen molar-refractivity contribution in [3.8, 4) is 5.75 Å². The van der Waals surface area contributed by atoms with E-state index in [1.165, 1.54) is 5.56 Å². The summed E-state index contributed by atoms with van der Waals surface area (Å²) in [5, 5.41) is 0. The van der Waals surface area contributed by atoms with Gasteiger partial charge in [-0.05, 0) is 48.3 Å². The lowest BCUT2D eigenvalue weighted by Crippen LogP contribution is -2.36. The summed E-state index contributed by atoms with van der Waals surface area (Å²) in [7, 11) is 0. The Kier molecular flexibility index (Phi) is 5.93. The molecule has 3 rings (SSSR count). The SMILES string of the molecule is CC(C)c1cccc(OCC(=O)N2CC3CCC(N)C3C2)c1.Cl. The number of rotatable bonds is 4. The largest absolute Gasteiger partial charge is 0.484 e. The summed E-state index contributed by atoms with van der Waals surface area (Å²) < 4.78 is 5.70. The Bertz CT molecular complexity index is 550. The van der Waals surface area contributed by atoms with E-state index in [1.54, 1.807) is 0 Å². The summed E-state index contributed by atoms with van der Waals surface area (Å²) in [6.07, 6.45) is 2.27. The first-order valence-electron chi connectivity index (χ1n) is 8.30. The molecule has 1 aromatic carbocycles. The zero-order chi connectivity index (χ0) is 15.7. The molecule has 0 bridgehead atoms. The van der Waals surface area contributed by atoms with Crippen molar-refractivity contribution in [3.63, 3.8) is 0 Å². The molecular weight excluding hydrogens is 312 g/mol. The Morgan fingerprint density at radius 3 is 2.83 bits per heavy atom. The van der Waals surface area contributed by atoms with Crippen molar-refractivity contribution in [2.24, 2.45) is 17.6 Å². The highest BCUT2D eigenvalue weighted by atomic mass is 35.5. The van der Waals surface area contributed by atoms with Crippen LogP contribution in [0.15, 0.2) is 24.3 Å². The number of likely N-dealkylation sites (tertiary alicyclic amines) is 1. The van der Waals surface area contributed by atoms with Gasteiger partial charge in [-0.3, -0.25) is 4.79 Å². The third kappa shape index (κ3) is 3.99. The van der Waals surface area contributed by atoms with E-state index in [0.717, 1.165) is 31.7 Å². The predicted molar refractivity (Wildman–Crippen MR) is 94.0 cm³/mol. The molecule has 0 radical (unpaired) electrons. The number of nitrogens with two attached hydrogens (primary N) is 1. The number of carbonyl (C=O) groups is 1. The molecule has 0 spiro atoms. The van der Waals surface area contributed by atoms with Gasteiger partial charge in [-0.1, -0.05) is 26.0 Å². The molecule has 3 atom stereocenters. The number of fused-ring (bicyclic) bond motifs is 1. The van der Waals surface area contributed by atoms with Crippen molar-refractivity contribution in [1.29, 1.82) is 0 Å². The van der Waals surface area contributed by atoms with Crippen LogP contribution >= 0.6 is 12.4 Å². The summed E-state index contributed by atoms with van der Waals surface area (Å²) in [5.41, 5.74) is 7.35. The molecule has 1 saturated heterocycles. The normalized spacial score (nSPS) is 26.1. The average molecular weight is 339 g/mol. The quantitative estimate of drug-likeness (QED) is 0.918. The highest BCUT2D eigenvalue weighted by molar-refractivity contribution is 5.85. The number of hydrogen-bond acceptors (Lipinski definition) is 3. The minimum absolute atomic E-state index is 0. The molecule has 2 fully saturated rings. The second kappa shape index (κ2) is 7.54. The summed E-state index contributed by atoms with van der Waals surface area (Å²) >= 11 is 0. The van der Waals surface area contributed by atoms with Gasteiger partial charge in [0.1, 0.15) is 5.75 Å². The Morgan fingerprint density at radius 2 is 2.13 bits per heavy atom. The molecule has 1 saturated carbocycles. The Hall–Kier alpha value is -1.26. The van der Waals surface area contributed by atoms with Crippen LogP contribution in [0.1, 0.15) is 38.2 Å². The van der Waals surface area contributed by atoms with E-state index >= 15 is 0 Å². The van der Waals surface area contributed by atoms with Gasteiger partial charge in [0.2, 0.25) is 0 Å². The van der Waals surface area contributed by atoms with Crippen molar-refractivity contribution in [2.75, 3.05) is 19.7 Å². The third-order valence-corrected chi connectivity index (χ3v) is 5.15. The van der Waals surface area contributed by atoms with Crippen LogP contribution < -0.4 is 10.5 Å². The summed E-state index contributed by atoms with van der Waals surface area (Å²) in [6.45, 7) is 6.08. The van der Waals surface area contributed by atoms with Gasteiger partial charge in [0.25, 0.3) is 5.91 Å². The molecule has 1 heterocycles. The van der Waals surface area contributed by atoms with Crippen LogP contribution in [0.25, 0.3) is 0 Å². The topological polar surface area (TPSA) is 55.6 Å². The maximum Gasteiger partial charge on any atom is 0.260 e. The Morgan fingerprint density at radius 1 is 1.35 bits per heavy atom. The molecule has 1 aliphatic heterocycles. The standard InChI is InChI=1S/C18H26N2O2.ClH/c1-12(2)13-4-3-5-15(8-13)22-11-18(21)20-9-14-6-7-17(19)16(14)10-20;/h3-5,8,12,14,16-17H,6-7,9-11,19H2,1-2H3;1H. The molecule has 1 aromatic rings. The van der Waals surface area contributed by atoms with Crippen LogP contribution in [0.5, 0.6) is 5.75 Å². The molecule has 2 N–H and O–H groups in total. The number of hydrogen-bond donors (Lipinski definition) is 1. The smallest absolute Gasteiger partial charge is 0.260 e.